The number of hydrogen-bond donors (Lipinski definition) is 0. The van der Waals surface area contributed by atoms with Gasteiger partial charge < -0.3 is 0 Å². The highest BCUT2D eigenvalue weighted by Crippen LogP contribution is 2.35. The normalized spacial score (nSPS) is 31.7. The Hall–Kier alpha value is 0.110. The number of unbranched alkanes of at least 4 members (excludes halogenated alkanes) is 1. The van der Waals surface area contributed by atoms with E-state index in [1.165, 1.54) is 12.8 Å². The van der Waals surface area contributed by atoms with Crippen LogP contribution in [0.25, 0.3) is 0 Å². The fourth-order valence-electron chi connectivity index (χ4n) is 2.67. The summed E-state index contributed by atoms with van der Waals surface area (Å²) in [6.07, 6.45) is 5.92. The van der Waals surface area contributed by atoms with Crippen LogP contribution >= 0.6 is 0 Å². The summed E-state index contributed by atoms with van der Waals surface area (Å²) >= 11 is -1.07. The van der Waals surface area contributed by atoms with E-state index in [-0.39, 0.29) is 6.10 Å². The summed E-state index contributed by atoms with van der Waals surface area (Å²) in [6.45, 7) is 8.91. The van der Waals surface area contributed by atoms with E-state index in [4.69, 9.17) is 4.18 Å². The second-order valence-electron chi connectivity index (χ2n) is 5.82. The van der Waals surface area contributed by atoms with Gasteiger partial charge in [0.25, 0.3) is 0 Å². The van der Waals surface area contributed by atoms with Crippen LogP contribution in [0.4, 0.5) is 0 Å². The summed E-state index contributed by atoms with van der Waals surface area (Å²) in [7, 11) is 0. The van der Waals surface area contributed by atoms with Crippen molar-refractivity contribution in [2.45, 2.75) is 65.9 Å². The predicted molar refractivity (Wildman–Crippen MR) is 74.1 cm³/mol. The summed E-state index contributed by atoms with van der Waals surface area (Å²) in [5.74, 6) is 2.65. The largest absolute Gasteiger partial charge is 0.287 e. The third kappa shape index (κ3) is 5.09. The molecule has 0 amide bonds. The fraction of sp³-hybridized carbons (Fsp3) is 1.00. The second-order valence-corrected chi connectivity index (χ2v) is 7.03. The molecule has 1 fully saturated rings. The van der Waals surface area contributed by atoms with Crippen LogP contribution in [-0.4, -0.2) is 16.1 Å². The van der Waals surface area contributed by atoms with Crippen molar-refractivity contribution in [2.24, 2.45) is 17.8 Å². The third-order valence-corrected chi connectivity index (χ3v) is 4.94. The Balaban J connectivity index is 2.48. The molecular formula is C14H28O2S. The highest BCUT2D eigenvalue weighted by atomic mass is 32.2. The van der Waals surface area contributed by atoms with Crippen molar-refractivity contribution in [3.05, 3.63) is 0 Å². The van der Waals surface area contributed by atoms with Gasteiger partial charge in [-0.1, -0.05) is 40.5 Å². The first-order valence-corrected chi connectivity index (χ1v) is 8.34. The summed E-state index contributed by atoms with van der Waals surface area (Å²) in [4.78, 5) is 0. The van der Waals surface area contributed by atoms with Crippen LogP contribution in [0.1, 0.15) is 59.8 Å². The van der Waals surface area contributed by atoms with E-state index in [1.54, 1.807) is 0 Å². The zero-order valence-electron chi connectivity index (χ0n) is 11.8. The highest BCUT2D eigenvalue weighted by Gasteiger charge is 2.32. The molecule has 0 aromatic carbocycles. The zero-order chi connectivity index (χ0) is 12.8. The van der Waals surface area contributed by atoms with Gasteiger partial charge in [-0.3, -0.25) is 4.18 Å². The Kier molecular flexibility index (Phi) is 6.71. The summed E-state index contributed by atoms with van der Waals surface area (Å²) < 4.78 is 17.6. The molecule has 2 nitrogen and oxygen atoms in total. The molecule has 0 aromatic heterocycles. The van der Waals surface area contributed by atoms with Gasteiger partial charge in [-0.25, -0.2) is 4.21 Å². The van der Waals surface area contributed by atoms with Crippen molar-refractivity contribution in [2.75, 3.05) is 5.75 Å². The van der Waals surface area contributed by atoms with Crippen LogP contribution in [0, 0.1) is 17.8 Å². The molecule has 3 heteroatoms. The quantitative estimate of drug-likeness (QED) is 0.723. The lowest BCUT2D eigenvalue weighted by molar-refractivity contribution is 0.0567. The van der Waals surface area contributed by atoms with Gasteiger partial charge in [0.15, 0.2) is 11.1 Å². The van der Waals surface area contributed by atoms with Gasteiger partial charge in [-0.2, -0.15) is 0 Å². The Morgan fingerprint density at radius 2 is 2.06 bits per heavy atom. The van der Waals surface area contributed by atoms with Gasteiger partial charge in [0, 0.05) is 5.75 Å². The predicted octanol–water partition coefficient (Wildman–Crippen LogP) is 3.93. The minimum atomic E-state index is -1.07. The Bertz CT molecular complexity index is 240. The number of hydrogen-bond acceptors (Lipinski definition) is 2. The summed E-state index contributed by atoms with van der Waals surface area (Å²) in [5, 5.41) is 0. The monoisotopic (exact) mass is 260 g/mol. The van der Waals surface area contributed by atoms with Crippen molar-refractivity contribution in [3.8, 4) is 0 Å². The smallest absolute Gasteiger partial charge is 0.155 e. The van der Waals surface area contributed by atoms with E-state index in [2.05, 4.69) is 27.7 Å². The van der Waals surface area contributed by atoms with E-state index < -0.39 is 11.1 Å². The van der Waals surface area contributed by atoms with Crippen LogP contribution in [0.5, 0.6) is 0 Å². The molecule has 102 valence electrons. The molecule has 1 saturated carbocycles. The average Bonchev–Trinajstić information content (AvgIpc) is 2.26. The molecule has 17 heavy (non-hydrogen) atoms. The first-order chi connectivity index (χ1) is 8.04. The molecule has 0 saturated heterocycles. The van der Waals surface area contributed by atoms with Gasteiger partial charge >= 0.3 is 0 Å². The highest BCUT2D eigenvalue weighted by molar-refractivity contribution is 7.80. The van der Waals surface area contributed by atoms with Crippen molar-refractivity contribution in [3.63, 3.8) is 0 Å². The molecule has 1 aliphatic rings. The Morgan fingerprint density at radius 3 is 2.65 bits per heavy atom. The van der Waals surface area contributed by atoms with Gasteiger partial charge in [-0.15, -0.1) is 0 Å². The Morgan fingerprint density at radius 1 is 1.35 bits per heavy atom. The van der Waals surface area contributed by atoms with Crippen LogP contribution in [0.2, 0.25) is 0 Å². The molecule has 4 atom stereocenters. The van der Waals surface area contributed by atoms with E-state index in [9.17, 15) is 4.21 Å². The van der Waals surface area contributed by atoms with Crippen LogP contribution < -0.4 is 0 Å². The lowest BCUT2D eigenvalue weighted by atomic mass is 9.75. The molecule has 0 aromatic rings. The molecule has 0 N–H and O–H groups in total. The lowest BCUT2D eigenvalue weighted by Crippen LogP contribution is -2.35. The molecular weight excluding hydrogens is 232 g/mol. The van der Waals surface area contributed by atoms with E-state index in [1.807, 2.05) is 0 Å². The van der Waals surface area contributed by atoms with Crippen molar-refractivity contribution in [1.29, 1.82) is 0 Å². The van der Waals surface area contributed by atoms with Gasteiger partial charge in [0.1, 0.15) is 0 Å². The summed E-state index contributed by atoms with van der Waals surface area (Å²) in [5.41, 5.74) is 0. The molecule has 0 aliphatic heterocycles. The maximum Gasteiger partial charge on any atom is 0.155 e. The SMILES string of the molecule is CCCCS(=O)OC1CC(C)CCC1C(C)C. The molecule has 4 unspecified atom stereocenters. The minimum Gasteiger partial charge on any atom is -0.287 e. The maximum atomic E-state index is 11.8. The van der Waals surface area contributed by atoms with Crippen molar-refractivity contribution >= 4 is 11.1 Å². The molecule has 1 rings (SSSR count). The molecule has 0 spiro atoms. The van der Waals surface area contributed by atoms with Crippen LogP contribution in [0.3, 0.4) is 0 Å². The third-order valence-electron chi connectivity index (χ3n) is 3.86. The zero-order valence-corrected chi connectivity index (χ0v) is 12.6. The minimum absolute atomic E-state index is 0.219. The molecule has 0 heterocycles. The van der Waals surface area contributed by atoms with Crippen molar-refractivity contribution < 1.29 is 8.39 Å². The average molecular weight is 260 g/mol. The fourth-order valence-corrected chi connectivity index (χ4v) is 3.79. The van der Waals surface area contributed by atoms with Gasteiger partial charge in [-0.05, 0) is 37.0 Å². The molecule has 1 aliphatic carbocycles. The summed E-state index contributed by atoms with van der Waals surface area (Å²) in [6, 6.07) is 0. The standard InChI is InChI=1S/C14H28O2S/c1-5-6-9-17(15)16-14-10-12(4)7-8-13(14)11(2)3/h11-14H,5-10H2,1-4H3. The second kappa shape index (κ2) is 7.52. The topological polar surface area (TPSA) is 26.3 Å². The first kappa shape index (κ1) is 15.2. The van der Waals surface area contributed by atoms with Crippen molar-refractivity contribution in [1.82, 2.24) is 0 Å². The van der Waals surface area contributed by atoms with Gasteiger partial charge in [0.2, 0.25) is 0 Å². The van der Waals surface area contributed by atoms with Crippen LogP contribution in [-0.2, 0) is 15.3 Å². The number of rotatable bonds is 6. The lowest BCUT2D eigenvalue weighted by Gasteiger charge is -2.36. The molecule has 0 bridgehead atoms. The first-order valence-electron chi connectivity index (χ1n) is 7.10. The maximum absolute atomic E-state index is 11.8. The molecule has 0 radical (unpaired) electrons. The van der Waals surface area contributed by atoms with Crippen LogP contribution in [0.15, 0.2) is 0 Å². The van der Waals surface area contributed by atoms with E-state index in [0.29, 0.717) is 17.6 Å². The van der Waals surface area contributed by atoms with Gasteiger partial charge in [0.05, 0.1) is 6.10 Å². The Labute approximate surface area is 109 Å². The van der Waals surface area contributed by atoms with E-state index in [0.717, 1.165) is 25.2 Å². The van der Waals surface area contributed by atoms with E-state index >= 15 is 0 Å².